The summed E-state index contributed by atoms with van der Waals surface area (Å²) < 4.78 is 1.78. The third-order valence-electron chi connectivity index (χ3n) is 4.16. The number of aromatic nitrogens is 3. The molecule has 0 saturated carbocycles. The highest BCUT2D eigenvalue weighted by atomic mass is 35.5. The zero-order chi connectivity index (χ0) is 23.1. The molecule has 0 fully saturated rings. The van der Waals surface area contributed by atoms with Crippen LogP contribution < -0.4 is 10.6 Å². The number of rotatable bonds is 9. The van der Waals surface area contributed by atoms with Crippen LogP contribution in [0.25, 0.3) is 0 Å². The average molecular weight is 511 g/mol. The molecule has 0 radical (unpaired) electrons. The lowest BCUT2D eigenvalue weighted by Crippen LogP contribution is -2.24. The van der Waals surface area contributed by atoms with Crippen LogP contribution in [-0.2, 0) is 17.9 Å². The van der Waals surface area contributed by atoms with Crippen LogP contribution in [0, 0.1) is 0 Å². The van der Waals surface area contributed by atoms with Crippen LogP contribution in [0.5, 0.6) is 0 Å². The number of anilines is 1. The molecule has 0 unspecified atom stereocenters. The minimum absolute atomic E-state index is 0.0887. The van der Waals surface area contributed by atoms with E-state index in [4.69, 9.17) is 34.8 Å². The maximum absolute atomic E-state index is 12.3. The Morgan fingerprint density at radius 1 is 1.06 bits per heavy atom. The average Bonchev–Trinajstić information content (AvgIpc) is 3.15. The number of hydrogen-bond acceptors (Lipinski definition) is 5. The topological polar surface area (TPSA) is 88.9 Å². The van der Waals surface area contributed by atoms with Crippen molar-refractivity contribution in [1.82, 2.24) is 20.1 Å². The number of nitrogens with zero attached hydrogens (tertiary/aromatic N) is 3. The molecule has 1 heterocycles. The predicted molar refractivity (Wildman–Crippen MR) is 129 cm³/mol. The fourth-order valence-electron chi connectivity index (χ4n) is 2.64. The van der Waals surface area contributed by atoms with Gasteiger partial charge in [0, 0.05) is 22.2 Å². The highest BCUT2D eigenvalue weighted by molar-refractivity contribution is 7.99. The van der Waals surface area contributed by atoms with Crippen LogP contribution in [-0.4, -0.2) is 32.3 Å². The number of carbonyl (C=O) groups excluding carboxylic acids is 2. The van der Waals surface area contributed by atoms with Crippen molar-refractivity contribution in [2.45, 2.75) is 18.2 Å². The van der Waals surface area contributed by atoms with Crippen molar-refractivity contribution >= 4 is 64.1 Å². The Morgan fingerprint density at radius 2 is 1.78 bits per heavy atom. The van der Waals surface area contributed by atoms with Gasteiger partial charge in [0.1, 0.15) is 0 Å². The van der Waals surface area contributed by atoms with E-state index in [1.807, 2.05) is 0 Å². The van der Waals surface area contributed by atoms with Crippen molar-refractivity contribution in [3.05, 3.63) is 81.6 Å². The molecule has 32 heavy (non-hydrogen) atoms. The number of benzene rings is 2. The smallest absolute Gasteiger partial charge is 0.251 e. The molecule has 2 N–H and O–H groups in total. The van der Waals surface area contributed by atoms with Crippen LogP contribution >= 0.6 is 46.6 Å². The number of nitrogens with one attached hydrogen (secondary N) is 2. The third kappa shape index (κ3) is 6.49. The fraction of sp³-hybridized carbons (Fsp3) is 0.143. The number of carbonyl (C=O) groups is 2. The first-order valence-corrected chi connectivity index (χ1v) is 11.4. The summed E-state index contributed by atoms with van der Waals surface area (Å²) in [6, 6.07) is 11.4. The molecule has 0 aliphatic heterocycles. The first kappa shape index (κ1) is 24.1. The number of thioether (sulfide) groups is 1. The van der Waals surface area contributed by atoms with E-state index in [1.165, 1.54) is 11.8 Å². The van der Waals surface area contributed by atoms with Gasteiger partial charge in [0.2, 0.25) is 5.91 Å². The van der Waals surface area contributed by atoms with Crippen molar-refractivity contribution in [2.75, 3.05) is 11.1 Å². The zero-order valence-corrected chi connectivity index (χ0v) is 19.7. The summed E-state index contributed by atoms with van der Waals surface area (Å²) in [5.74, 6) is 0.106. The lowest BCUT2D eigenvalue weighted by atomic mass is 10.2. The summed E-state index contributed by atoms with van der Waals surface area (Å²) in [7, 11) is 0. The monoisotopic (exact) mass is 509 g/mol. The Bertz CT molecular complexity index is 1130. The Hall–Kier alpha value is -2.52. The summed E-state index contributed by atoms with van der Waals surface area (Å²) in [4.78, 5) is 24.7. The molecule has 0 aliphatic rings. The summed E-state index contributed by atoms with van der Waals surface area (Å²) in [5.41, 5.74) is 0.955. The van der Waals surface area contributed by atoms with Crippen LogP contribution in [0.1, 0.15) is 16.2 Å². The summed E-state index contributed by atoms with van der Waals surface area (Å²) in [5, 5.41) is 15.7. The quantitative estimate of drug-likeness (QED) is 0.309. The van der Waals surface area contributed by atoms with E-state index >= 15 is 0 Å². The van der Waals surface area contributed by atoms with Gasteiger partial charge in [-0.1, -0.05) is 52.6 Å². The summed E-state index contributed by atoms with van der Waals surface area (Å²) in [6.07, 6.45) is 1.69. The lowest BCUT2D eigenvalue weighted by molar-refractivity contribution is -0.113. The van der Waals surface area contributed by atoms with Crippen LogP contribution in [0.3, 0.4) is 0 Å². The van der Waals surface area contributed by atoms with E-state index in [1.54, 1.807) is 53.1 Å². The summed E-state index contributed by atoms with van der Waals surface area (Å²) >= 11 is 19.0. The molecule has 0 aliphatic carbocycles. The second-order valence-corrected chi connectivity index (χ2v) is 8.67. The Balaban J connectivity index is 1.61. The Morgan fingerprint density at radius 3 is 2.47 bits per heavy atom. The SMILES string of the molecule is C=CCn1c(CNC(=O)c2ccc(Cl)cc2)nnc1SCC(=O)Nc1ccc(Cl)cc1Cl. The van der Waals surface area contributed by atoms with Gasteiger partial charge in [-0.15, -0.1) is 16.8 Å². The van der Waals surface area contributed by atoms with Gasteiger partial charge in [-0.05, 0) is 42.5 Å². The fourth-order valence-corrected chi connectivity index (χ4v) is 3.99. The third-order valence-corrected chi connectivity index (χ3v) is 5.92. The van der Waals surface area contributed by atoms with Crippen LogP contribution in [0.2, 0.25) is 15.1 Å². The molecule has 3 rings (SSSR count). The van der Waals surface area contributed by atoms with Crippen molar-refractivity contribution in [1.29, 1.82) is 0 Å². The number of allylic oxidation sites excluding steroid dienone is 1. The van der Waals surface area contributed by atoms with Crippen LogP contribution in [0.4, 0.5) is 5.69 Å². The second-order valence-electron chi connectivity index (χ2n) is 6.45. The van der Waals surface area contributed by atoms with Gasteiger partial charge in [-0.2, -0.15) is 0 Å². The van der Waals surface area contributed by atoms with Crippen molar-refractivity contribution in [2.24, 2.45) is 0 Å². The first-order chi connectivity index (χ1) is 15.4. The lowest BCUT2D eigenvalue weighted by Gasteiger charge is -2.10. The maximum atomic E-state index is 12.3. The predicted octanol–water partition coefficient (Wildman–Crippen LogP) is 5.09. The van der Waals surface area contributed by atoms with E-state index in [0.29, 0.717) is 43.8 Å². The van der Waals surface area contributed by atoms with Gasteiger partial charge in [0.05, 0.1) is 23.0 Å². The number of hydrogen-bond donors (Lipinski definition) is 2. The van der Waals surface area contributed by atoms with Gasteiger partial charge in [-0.3, -0.25) is 9.59 Å². The molecule has 2 amide bonds. The normalized spacial score (nSPS) is 10.6. The van der Waals surface area contributed by atoms with Crippen molar-refractivity contribution in [3.8, 4) is 0 Å². The number of halogens is 3. The molecule has 2 aromatic carbocycles. The largest absolute Gasteiger partial charge is 0.345 e. The van der Waals surface area contributed by atoms with Gasteiger partial charge in [0.25, 0.3) is 5.91 Å². The molecule has 11 heteroatoms. The minimum atomic E-state index is -0.261. The summed E-state index contributed by atoms with van der Waals surface area (Å²) in [6.45, 7) is 4.33. The molecule has 0 bridgehead atoms. The van der Waals surface area contributed by atoms with Gasteiger partial charge >= 0.3 is 0 Å². The van der Waals surface area contributed by atoms with E-state index in [2.05, 4.69) is 27.4 Å². The molecule has 3 aromatic rings. The Kier molecular flexibility index (Phi) is 8.58. The molecule has 166 valence electrons. The van der Waals surface area contributed by atoms with Gasteiger partial charge < -0.3 is 15.2 Å². The molecule has 0 saturated heterocycles. The van der Waals surface area contributed by atoms with Gasteiger partial charge in [-0.25, -0.2) is 0 Å². The molecule has 0 atom stereocenters. The van der Waals surface area contributed by atoms with E-state index in [0.717, 1.165) is 0 Å². The second kappa shape index (κ2) is 11.4. The highest BCUT2D eigenvalue weighted by Gasteiger charge is 2.15. The minimum Gasteiger partial charge on any atom is -0.345 e. The highest BCUT2D eigenvalue weighted by Crippen LogP contribution is 2.26. The first-order valence-electron chi connectivity index (χ1n) is 9.32. The molecular formula is C21H18Cl3N5O2S. The van der Waals surface area contributed by atoms with E-state index in [-0.39, 0.29) is 24.1 Å². The van der Waals surface area contributed by atoms with Gasteiger partial charge in [0.15, 0.2) is 11.0 Å². The van der Waals surface area contributed by atoms with Crippen molar-refractivity contribution in [3.63, 3.8) is 0 Å². The van der Waals surface area contributed by atoms with Crippen LogP contribution in [0.15, 0.2) is 60.3 Å². The standard InChI is InChI=1S/C21H18Cl3N5O2S/c1-2-9-29-18(11-25-20(31)13-3-5-14(22)6-4-13)27-28-21(29)32-12-19(30)26-17-8-7-15(23)10-16(17)24/h2-8,10H,1,9,11-12H2,(H,25,31)(H,26,30). The molecule has 7 nitrogen and oxygen atoms in total. The number of amides is 2. The van der Waals surface area contributed by atoms with Crippen molar-refractivity contribution < 1.29 is 9.59 Å². The molecular weight excluding hydrogens is 493 g/mol. The van der Waals surface area contributed by atoms with E-state index < -0.39 is 0 Å². The van der Waals surface area contributed by atoms with E-state index in [9.17, 15) is 9.59 Å². The maximum Gasteiger partial charge on any atom is 0.251 e. The zero-order valence-electron chi connectivity index (χ0n) is 16.6. The molecule has 0 spiro atoms. The Labute approximate surface area is 204 Å². The molecule has 1 aromatic heterocycles.